The quantitative estimate of drug-likeness (QED) is 0.831. The van der Waals surface area contributed by atoms with Crippen LogP contribution in [0.2, 0.25) is 0 Å². The molecule has 0 aliphatic carbocycles. The summed E-state index contributed by atoms with van der Waals surface area (Å²) >= 11 is 0. The molecule has 6 heteroatoms. The smallest absolute Gasteiger partial charge is 0.257 e. The van der Waals surface area contributed by atoms with Crippen LogP contribution in [0.25, 0.3) is 0 Å². The molecule has 0 unspecified atom stereocenters. The van der Waals surface area contributed by atoms with E-state index in [1.807, 2.05) is 35.2 Å². The second-order valence-corrected chi connectivity index (χ2v) is 6.81. The number of carbonyl (C=O) groups is 1. The zero-order valence-corrected chi connectivity index (χ0v) is 15.5. The van der Waals surface area contributed by atoms with Crippen LogP contribution in [0.3, 0.4) is 0 Å². The van der Waals surface area contributed by atoms with Crippen molar-refractivity contribution in [3.63, 3.8) is 0 Å². The molecule has 2 aliphatic rings. The first-order valence-electron chi connectivity index (χ1n) is 9.28. The van der Waals surface area contributed by atoms with Gasteiger partial charge in [0, 0.05) is 32.7 Å². The van der Waals surface area contributed by atoms with Crippen LogP contribution in [0.15, 0.2) is 42.5 Å². The molecule has 0 bridgehead atoms. The van der Waals surface area contributed by atoms with Crippen molar-refractivity contribution < 1.29 is 19.0 Å². The van der Waals surface area contributed by atoms with Gasteiger partial charge in [0.1, 0.15) is 5.75 Å². The molecule has 0 spiro atoms. The largest absolute Gasteiger partial charge is 0.497 e. The van der Waals surface area contributed by atoms with Crippen LogP contribution in [0, 0.1) is 0 Å². The standard InChI is InChI=1S/C21H24N2O4/c1-25-17-8-6-16(7-9-17)14-22-10-3-11-23(13-12-22)21(24)18-4-2-5-19-20(18)27-15-26-19/h2,4-9H,3,10-15H2,1H3. The lowest BCUT2D eigenvalue weighted by molar-refractivity contribution is 0.0756. The van der Waals surface area contributed by atoms with E-state index < -0.39 is 0 Å². The second-order valence-electron chi connectivity index (χ2n) is 6.81. The van der Waals surface area contributed by atoms with E-state index in [4.69, 9.17) is 14.2 Å². The van der Waals surface area contributed by atoms with Gasteiger partial charge in [-0.1, -0.05) is 18.2 Å². The Morgan fingerprint density at radius 2 is 1.89 bits per heavy atom. The van der Waals surface area contributed by atoms with Crippen molar-refractivity contribution in [1.29, 1.82) is 0 Å². The van der Waals surface area contributed by atoms with Crippen molar-refractivity contribution in [3.8, 4) is 17.2 Å². The molecule has 0 atom stereocenters. The molecule has 142 valence electrons. The van der Waals surface area contributed by atoms with Crippen LogP contribution in [0.4, 0.5) is 0 Å². The third kappa shape index (κ3) is 3.85. The lowest BCUT2D eigenvalue weighted by Gasteiger charge is -2.22. The van der Waals surface area contributed by atoms with Gasteiger partial charge in [0.2, 0.25) is 6.79 Å². The molecule has 6 nitrogen and oxygen atoms in total. The highest BCUT2D eigenvalue weighted by Gasteiger charge is 2.26. The van der Waals surface area contributed by atoms with E-state index in [0.29, 0.717) is 23.6 Å². The summed E-state index contributed by atoms with van der Waals surface area (Å²) in [5.41, 5.74) is 1.84. The van der Waals surface area contributed by atoms with Crippen LogP contribution in [0.1, 0.15) is 22.3 Å². The highest BCUT2D eigenvalue weighted by molar-refractivity contribution is 5.98. The average molecular weight is 368 g/mol. The summed E-state index contributed by atoms with van der Waals surface area (Å²) in [5.74, 6) is 2.11. The van der Waals surface area contributed by atoms with Crippen molar-refractivity contribution in [1.82, 2.24) is 9.80 Å². The van der Waals surface area contributed by atoms with E-state index in [2.05, 4.69) is 17.0 Å². The Labute approximate surface area is 159 Å². The first-order valence-corrected chi connectivity index (χ1v) is 9.28. The van der Waals surface area contributed by atoms with Gasteiger partial charge in [-0.3, -0.25) is 9.69 Å². The fourth-order valence-electron chi connectivity index (χ4n) is 3.59. The van der Waals surface area contributed by atoms with Crippen LogP contribution in [-0.4, -0.2) is 55.8 Å². The molecule has 2 heterocycles. The molecule has 0 saturated carbocycles. The Morgan fingerprint density at radius 1 is 1.04 bits per heavy atom. The molecule has 1 amide bonds. The summed E-state index contributed by atoms with van der Waals surface area (Å²) in [7, 11) is 1.68. The zero-order chi connectivity index (χ0) is 18.6. The number of amides is 1. The van der Waals surface area contributed by atoms with Crippen LogP contribution in [-0.2, 0) is 6.54 Å². The van der Waals surface area contributed by atoms with Gasteiger partial charge < -0.3 is 19.1 Å². The van der Waals surface area contributed by atoms with E-state index in [-0.39, 0.29) is 12.7 Å². The van der Waals surface area contributed by atoms with Gasteiger partial charge in [-0.2, -0.15) is 0 Å². The molecular weight excluding hydrogens is 344 g/mol. The number of carbonyl (C=O) groups excluding carboxylic acids is 1. The summed E-state index contributed by atoms with van der Waals surface area (Å²) in [6.45, 7) is 4.34. The summed E-state index contributed by atoms with van der Waals surface area (Å²) in [5, 5.41) is 0. The number of hydrogen-bond donors (Lipinski definition) is 0. The Balaban J connectivity index is 1.39. The van der Waals surface area contributed by atoms with Gasteiger partial charge in [-0.05, 0) is 36.2 Å². The number of para-hydroxylation sites is 1. The summed E-state index contributed by atoms with van der Waals surface area (Å²) in [4.78, 5) is 17.3. The minimum atomic E-state index is 0.0173. The van der Waals surface area contributed by atoms with Crippen LogP contribution >= 0.6 is 0 Å². The van der Waals surface area contributed by atoms with Crippen molar-refractivity contribution in [2.45, 2.75) is 13.0 Å². The van der Waals surface area contributed by atoms with Gasteiger partial charge in [-0.25, -0.2) is 0 Å². The van der Waals surface area contributed by atoms with Crippen molar-refractivity contribution in [2.24, 2.45) is 0 Å². The normalized spacial score (nSPS) is 16.9. The molecule has 0 N–H and O–H groups in total. The molecule has 2 aliphatic heterocycles. The first kappa shape index (κ1) is 17.7. The van der Waals surface area contributed by atoms with Crippen molar-refractivity contribution >= 4 is 5.91 Å². The monoisotopic (exact) mass is 368 g/mol. The molecule has 0 radical (unpaired) electrons. The SMILES string of the molecule is COc1ccc(CN2CCCN(C(=O)c3cccc4c3OCO4)CC2)cc1. The molecular formula is C21H24N2O4. The van der Waals surface area contributed by atoms with E-state index in [0.717, 1.165) is 38.3 Å². The molecule has 2 aromatic carbocycles. The highest BCUT2D eigenvalue weighted by Crippen LogP contribution is 2.36. The Morgan fingerprint density at radius 3 is 2.70 bits per heavy atom. The number of fused-ring (bicyclic) bond motifs is 1. The van der Waals surface area contributed by atoms with Crippen LogP contribution in [0.5, 0.6) is 17.2 Å². The average Bonchev–Trinajstić information content (AvgIpc) is 3.07. The topological polar surface area (TPSA) is 51.2 Å². The lowest BCUT2D eigenvalue weighted by Crippen LogP contribution is -2.35. The number of hydrogen-bond acceptors (Lipinski definition) is 5. The predicted octanol–water partition coefficient (Wildman–Crippen LogP) is 2.77. The lowest BCUT2D eigenvalue weighted by atomic mass is 10.1. The highest BCUT2D eigenvalue weighted by atomic mass is 16.7. The van der Waals surface area contributed by atoms with Gasteiger partial charge in [0.25, 0.3) is 5.91 Å². The number of rotatable bonds is 4. The van der Waals surface area contributed by atoms with E-state index in [9.17, 15) is 4.79 Å². The predicted molar refractivity (Wildman–Crippen MR) is 101 cm³/mol. The van der Waals surface area contributed by atoms with Crippen molar-refractivity contribution in [2.75, 3.05) is 40.1 Å². The molecule has 1 saturated heterocycles. The van der Waals surface area contributed by atoms with E-state index >= 15 is 0 Å². The van der Waals surface area contributed by atoms with Gasteiger partial charge in [0.05, 0.1) is 12.7 Å². The third-order valence-corrected chi connectivity index (χ3v) is 5.07. The number of benzene rings is 2. The fourth-order valence-corrected chi connectivity index (χ4v) is 3.59. The van der Waals surface area contributed by atoms with E-state index in [1.54, 1.807) is 7.11 Å². The van der Waals surface area contributed by atoms with Gasteiger partial charge >= 0.3 is 0 Å². The maximum Gasteiger partial charge on any atom is 0.257 e. The zero-order valence-electron chi connectivity index (χ0n) is 15.5. The Bertz CT molecular complexity index is 806. The molecule has 2 aromatic rings. The first-order chi connectivity index (χ1) is 13.2. The number of methoxy groups -OCH3 is 1. The van der Waals surface area contributed by atoms with Crippen LogP contribution < -0.4 is 14.2 Å². The Kier molecular flexibility index (Phi) is 5.16. The summed E-state index contributed by atoms with van der Waals surface area (Å²) < 4.78 is 16.1. The minimum Gasteiger partial charge on any atom is -0.497 e. The summed E-state index contributed by atoms with van der Waals surface area (Å²) in [6, 6.07) is 13.7. The molecule has 4 rings (SSSR count). The molecule has 0 aromatic heterocycles. The molecule has 27 heavy (non-hydrogen) atoms. The van der Waals surface area contributed by atoms with Gasteiger partial charge in [-0.15, -0.1) is 0 Å². The number of ether oxygens (including phenoxy) is 3. The maximum absolute atomic E-state index is 13.0. The third-order valence-electron chi connectivity index (χ3n) is 5.07. The second kappa shape index (κ2) is 7.88. The molecule has 1 fully saturated rings. The van der Waals surface area contributed by atoms with Crippen molar-refractivity contribution in [3.05, 3.63) is 53.6 Å². The van der Waals surface area contributed by atoms with E-state index in [1.165, 1.54) is 5.56 Å². The summed E-state index contributed by atoms with van der Waals surface area (Å²) in [6.07, 6.45) is 0.953. The fraction of sp³-hybridized carbons (Fsp3) is 0.381. The Hall–Kier alpha value is -2.73. The van der Waals surface area contributed by atoms with Gasteiger partial charge in [0.15, 0.2) is 11.5 Å². The number of nitrogens with zero attached hydrogens (tertiary/aromatic N) is 2. The maximum atomic E-state index is 13.0. The minimum absolute atomic E-state index is 0.0173.